The van der Waals surface area contributed by atoms with E-state index in [0.717, 1.165) is 11.1 Å². The van der Waals surface area contributed by atoms with Crippen LogP contribution < -0.4 is 0 Å². The molecular formula is C25H29N. The van der Waals surface area contributed by atoms with Gasteiger partial charge in [-0.2, -0.15) is 0 Å². The van der Waals surface area contributed by atoms with Crippen LogP contribution >= 0.6 is 0 Å². The summed E-state index contributed by atoms with van der Waals surface area (Å²) in [5.74, 6) is -0.382. The average molecular weight is 349 g/mol. The highest BCUT2D eigenvalue weighted by Crippen LogP contribution is 2.33. The van der Waals surface area contributed by atoms with Crippen LogP contribution in [0.5, 0.6) is 0 Å². The van der Waals surface area contributed by atoms with Crippen LogP contribution in [0.2, 0.25) is 0 Å². The monoisotopic (exact) mass is 348 g/mol. The Morgan fingerprint density at radius 2 is 1.73 bits per heavy atom. The highest BCUT2D eigenvalue weighted by Gasteiger charge is 2.23. The van der Waals surface area contributed by atoms with E-state index in [9.17, 15) is 0 Å². The molecule has 26 heavy (non-hydrogen) atoms. The van der Waals surface area contributed by atoms with Gasteiger partial charge in [0.15, 0.2) is 0 Å². The Labute approximate surface area is 165 Å². The molecule has 0 N–H and O–H groups in total. The number of nitrogens with zero attached hydrogens (tertiary/aromatic N) is 1. The topological polar surface area (TPSA) is 12.9 Å². The minimum absolute atomic E-state index is 0.0317. The van der Waals surface area contributed by atoms with Crippen LogP contribution in [0.3, 0.4) is 0 Å². The second-order valence-corrected chi connectivity index (χ2v) is 7.49. The van der Waals surface area contributed by atoms with Gasteiger partial charge >= 0.3 is 0 Å². The van der Waals surface area contributed by atoms with Crippen LogP contribution in [0.25, 0.3) is 11.3 Å². The minimum atomic E-state index is -2.43. The molecule has 0 aliphatic carbocycles. The molecule has 0 aliphatic rings. The quantitative estimate of drug-likeness (QED) is 0.507. The predicted octanol–water partition coefficient (Wildman–Crippen LogP) is 6.58. The average Bonchev–Trinajstić information content (AvgIpc) is 2.73. The SMILES string of the molecule is [2H]C([2H])([2H])c1cnc(-c2cccc(C(C)(C)c3ccccc3)c2)cc1C([2H])([2H])C(C)C. The van der Waals surface area contributed by atoms with Crippen LogP contribution in [0.4, 0.5) is 0 Å². The minimum Gasteiger partial charge on any atom is -0.256 e. The molecule has 1 nitrogen and oxygen atoms in total. The van der Waals surface area contributed by atoms with Gasteiger partial charge in [0, 0.05) is 24.0 Å². The summed E-state index contributed by atoms with van der Waals surface area (Å²) >= 11 is 0. The Morgan fingerprint density at radius 1 is 1.00 bits per heavy atom. The summed E-state index contributed by atoms with van der Waals surface area (Å²) in [6.45, 7) is 5.41. The fraction of sp³-hybridized carbons (Fsp3) is 0.320. The van der Waals surface area contributed by atoms with Crippen molar-refractivity contribution < 1.29 is 6.85 Å². The van der Waals surface area contributed by atoms with E-state index < -0.39 is 13.2 Å². The predicted molar refractivity (Wildman–Crippen MR) is 112 cm³/mol. The molecule has 2 aromatic carbocycles. The number of hydrogen-bond acceptors (Lipinski definition) is 1. The van der Waals surface area contributed by atoms with Gasteiger partial charge in [0.2, 0.25) is 0 Å². The Kier molecular flexibility index (Phi) is 3.69. The standard InChI is InChI=1S/C25H29N/c1-18(2)14-21-16-24(26-17-19(21)3)20-10-9-13-23(15-20)25(4,5)22-11-7-6-8-12-22/h6-13,15-18H,14H2,1-5H3/i3D3,14D2. The van der Waals surface area contributed by atoms with E-state index in [2.05, 4.69) is 43.1 Å². The summed E-state index contributed by atoms with van der Waals surface area (Å²) in [6, 6.07) is 19.9. The Balaban J connectivity index is 2.13. The maximum absolute atomic E-state index is 8.54. The van der Waals surface area contributed by atoms with Crippen molar-refractivity contribution in [3.63, 3.8) is 0 Å². The molecule has 0 amide bonds. The molecule has 0 unspecified atom stereocenters. The van der Waals surface area contributed by atoms with Gasteiger partial charge in [-0.05, 0) is 53.5 Å². The van der Waals surface area contributed by atoms with Gasteiger partial charge in [0.1, 0.15) is 0 Å². The smallest absolute Gasteiger partial charge is 0.0705 e. The van der Waals surface area contributed by atoms with E-state index in [-0.39, 0.29) is 22.5 Å². The highest BCUT2D eigenvalue weighted by atomic mass is 14.7. The van der Waals surface area contributed by atoms with Crippen molar-refractivity contribution in [1.29, 1.82) is 0 Å². The lowest BCUT2D eigenvalue weighted by atomic mass is 9.77. The Bertz CT molecular complexity index is 1050. The third-order valence-electron chi connectivity index (χ3n) is 4.72. The summed E-state index contributed by atoms with van der Waals surface area (Å²) in [5.41, 5.74) is 3.61. The van der Waals surface area contributed by atoms with Crippen LogP contribution in [-0.4, -0.2) is 4.98 Å². The molecule has 0 saturated carbocycles. The van der Waals surface area contributed by atoms with Crippen LogP contribution in [0, 0.1) is 12.8 Å². The van der Waals surface area contributed by atoms with Crippen molar-refractivity contribution in [2.45, 2.75) is 46.3 Å². The highest BCUT2D eigenvalue weighted by molar-refractivity contribution is 5.62. The summed E-state index contributed by atoms with van der Waals surface area (Å²) in [6.07, 6.45) is -0.477. The fourth-order valence-electron chi connectivity index (χ4n) is 3.13. The maximum atomic E-state index is 8.54. The van der Waals surface area contributed by atoms with Gasteiger partial charge in [0.25, 0.3) is 0 Å². The van der Waals surface area contributed by atoms with E-state index >= 15 is 0 Å². The molecule has 3 aromatic rings. The van der Waals surface area contributed by atoms with Crippen molar-refractivity contribution in [1.82, 2.24) is 4.98 Å². The number of rotatable bonds is 5. The molecule has 0 radical (unpaired) electrons. The van der Waals surface area contributed by atoms with Crippen molar-refractivity contribution in [2.24, 2.45) is 5.92 Å². The lowest BCUT2D eigenvalue weighted by Crippen LogP contribution is -2.18. The molecule has 3 rings (SSSR count). The fourth-order valence-corrected chi connectivity index (χ4v) is 3.13. The third kappa shape index (κ3) is 3.88. The molecule has 0 bridgehead atoms. The third-order valence-corrected chi connectivity index (χ3v) is 4.72. The van der Waals surface area contributed by atoms with Crippen LogP contribution in [0.15, 0.2) is 66.9 Å². The summed E-state index contributed by atoms with van der Waals surface area (Å²) in [7, 11) is 0. The second kappa shape index (κ2) is 7.45. The van der Waals surface area contributed by atoms with Crippen LogP contribution in [0.1, 0.15) is 56.8 Å². The Hall–Kier alpha value is -2.41. The molecule has 1 aromatic heterocycles. The number of aryl methyl sites for hydroxylation is 1. The first kappa shape index (κ1) is 12.9. The van der Waals surface area contributed by atoms with Gasteiger partial charge in [0.05, 0.1) is 5.69 Å². The molecule has 0 saturated heterocycles. The number of pyridine rings is 1. The summed E-state index contributed by atoms with van der Waals surface area (Å²) in [4.78, 5) is 4.42. The van der Waals surface area contributed by atoms with Gasteiger partial charge in [-0.3, -0.25) is 4.98 Å². The van der Waals surface area contributed by atoms with Crippen LogP contribution in [-0.2, 0) is 11.8 Å². The molecule has 0 aliphatic heterocycles. The molecule has 134 valence electrons. The van der Waals surface area contributed by atoms with Gasteiger partial charge in [-0.15, -0.1) is 0 Å². The van der Waals surface area contributed by atoms with Gasteiger partial charge in [-0.25, -0.2) is 0 Å². The lowest BCUT2D eigenvalue weighted by molar-refractivity contribution is 0.641. The molecule has 0 atom stereocenters. The number of benzene rings is 2. The first-order chi connectivity index (χ1) is 14.3. The maximum Gasteiger partial charge on any atom is 0.0705 e. The van der Waals surface area contributed by atoms with Gasteiger partial charge in [-0.1, -0.05) is 76.2 Å². The number of aromatic nitrogens is 1. The molecular weight excluding hydrogens is 314 g/mol. The van der Waals surface area contributed by atoms with E-state index in [4.69, 9.17) is 6.85 Å². The van der Waals surface area contributed by atoms with Crippen molar-refractivity contribution in [3.05, 3.63) is 89.1 Å². The van der Waals surface area contributed by atoms with E-state index in [1.807, 2.05) is 30.3 Å². The lowest BCUT2D eigenvalue weighted by Gasteiger charge is -2.26. The van der Waals surface area contributed by atoms with E-state index in [0.29, 0.717) is 5.69 Å². The second-order valence-electron chi connectivity index (χ2n) is 7.49. The Morgan fingerprint density at radius 3 is 2.42 bits per heavy atom. The first-order valence-corrected chi connectivity index (χ1v) is 9.02. The zero-order valence-electron chi connectivity index (χ0n) is 20.9. The first-order valence-electron chi connectivity index (χ1n) is 11.5. The number of hydrogen-bond donors (Lipinski definition) is 0. The molecule has 1 heteroatoms. The van der Waals surface area contributed by atoms with Crippen molar-refractivity contribution in [3.8, 4) is 11.3 Å². The zero-order chi connectivity index (χ0) is 23.0. The van der Waals surface area contributed by atoms with E-state index in [1.54, 1.807) is 19.9 Å². The molecule has 0 fully saturated rings. The molecule has 0 spiro atoms. The summed E-state index contributed by atoms with van der Waals surface area (Å²) in [5, 5.41) is 0. The zero-order valence-corrected chi connectivity index (χ0v) is 15.9. The molecule has 1 heterocycles. The van der Waals surface area contributed by atoms with Crippen molar-refractivity contribution in [2.75, 3.05) is 0 Å². The van der Waals surface area contributed by atoms with Gasteiger partial charge < -0.3 is 0 Å². The summed E-state index contributed by atoms with van der Waals surface area (Å²) < 4.78 is 40.6. The van der Waals surface area contributed by atoms with E-state index in [1.165, 1.54) is 11.8 Å². The normalized spacial score (nSPS) is 15.7. The largest absolute Gasteiger partial charge is 0.256 e. The van der Waals surface area contributed by atoms with Crippen molar-refractivity contribution >= 4 is 0 Å².